The molecule has 0 saturated heterocycles. The van der Waals surface area contributed by atoms with Gasteiger partial charge in [-0.05, 0) is 35.9 Å². The highest BCUT2D eigenvalue weighted by Gasteiger charge is 2.20. The Morgan fingerprint density at radius 1 is 1.17 bits per heavy atom. The first-order valence-corrected chi connectivity index (χ1v) is 9.57. The van der Waals surface area contributed by atoms with E-state index in [9.17, 15) is 0 Å². The van der Waals surface area contributed by atoms with Gasteiger partial charge >= 0.3 is 0 Å². The fourth-order valence-corrected chi connectivity index (χ4v) is 4.44. The van der Waals surface area contributed by atoms with Crippen LogP contribution in [0.25, 0.3) is 5.70 Å². The van der Waals surface area contributed by atoms with E-state index in [1.807, 2.05) is 24.3 Å². The van der Waals surface area contributed by atoms with E-state index in [0.717, 1.165) is 27.1 Å². The molecule has 0 aromatic heterocycles. The van der Waals surface area contributed by atoms with Gasteiger partial charge in [-0.3, -0.25) is 0 Å². The summed E-state index contributed by atoms with van der Waals surface area (Å²) in [6.45, 7) is 3.80. The second-order valence-corrected chi connectivity index (χ2v) is 7.60. The Morgan fingerprint density at radius 3 is 2.58 bits per heavy atom. The monoisotopic (exact) mass is 353 g/mol. The summed E-state index contributed by atoms with van der Waals surface area (Å²) >= 11 is 3.53. The molecule has 1 heterocycles. The fraction of sp³-hybridized carbons (Fsp3) is 0.150. The van der Waals surface area contributed by atoms with Crippen LogP contribution in [0.15, 0.2) is 78.3 Å². The Labute approximate surface area is 151 Å². The van der Waals surface area contributed by atoms with Crippen molar-refractivity contribution in [1.29, 1.82) is 0 Å². The van der Waals surface area contributed by atoms with Crippen LogP contribution < -0.4 is 4.74 Å². The van der Waals surface area contributed by atoms with E-state index in [0.29, 0.717) is 0 Å². The van der Waals surface area contributed by atoms with E-state index >= 15 is 0 Å². The SMILES string of the molecule is C=CCSC1=NC(c2ccc(OC)cc2)=CC(c2ccccc2)S1. The van der Waals surface area contributed by atoms with Gasteiger partial charge in [0.05, 0.1) is 18.1 Å². The smallest absolute Gasteiger partial charge is 0.131 e. The van der Waals surface area contributed by atoms with Gasteiger partial charge in [-0.2, -0.15) is 0 Å². The third kappa shape index (κ3) is 4.13. The molecule has 0 bridgehead atoms. The van der Waals surface area contributed by atoms with Crippen LogP contribution in [-0.2, 0) is 0 Å². The zero-order chi connectivity index (χ0) is 16.8. The number of nitrogens with zero attached hydrogens (tertiary/aromatic N) is 1. The summed E-state index contributed by atoms with van der Waals surface area (Å²) in [5, 5.41) is 0.271. The molecular formula is C20H19NOS2. The van der Waals surface area contributed by atoms with Crippen molar-refractivity contribution in [2.75, 3.05) is 12.9 Å². The lowest BCUT2D eigenvalue weighted by Crippen LogP contribution is -2.02. The second kappa shape index (κ2) is 8.27. The third-order valence-electron chi connectivity index (χ3n) is 3.59. The minimum absolute atomic E-state index is 0.271. The molecule has 0 saturated carbocycles. The molecule has 0 N–H and O–H groups in total. The van der Waals surface area contributed by atoms with E-state index in [4.69, 9.17) is 9.73 Å². The lowest BCUT2D eigenvalue weighted by Gasteiger charge is -2.20. The van der Waals surface area contributed by atoms with Gasteiger partial charge in [0.15, 0.2) is 0 Å². The summed E-state index contributed by atoms with van der Waals surface area (Å²) in [4.78, 5) is 4.84. The Morgan fingerprint density at radius 2 is 1.92 bits per heavy atom. The average molecular weight is 354 g/mol. The van der Waals surface area contributed by atoms with Crippen molar-refractivity contribution in [2.24, 2.45) is 4.99 Å². The van der Waals surface area contributed by atoms with E-state index in [2.05, 4.69) is 49.1 Å². The van der Waals surface area contributed by atoms with Crippen LogP contribution in [0.5, 0.6) is 5.75 Å². The Balaban J connectivity index is 1.93. The largest absolute Gasteiger partial charge is 0.497 e. The highest BCUT2D eigenvalue weighted by Crippen LogP contribution is 2.41. The number of methoxy groups -OCH3 is 1. The number of hydrogen-bond donors (Lipinski definition) is 0. The van der Waals surface area contributed by atoms with Gasteiger partial charge < -0.3 is 4.74 Å². The van der Waals surface area contributed by atoms with E-state index in [-0.39, 0.29) is 5.25 Å². The van der Waals surface area contributed by atoms with Crippen LogP contribution in [0.2, 0.25) is 0 Å². The molecule has 0 spiro atoms. The number of rotatable bonds is 5. The fourth-order valence-electron chi connectivity index (χ4n) is 2.37. The lowest BCUT2D eigenvalue weighted by molar-refractivity contribution is 0.415. The van der Waals surface area contributed by atoms with Crippen LogP contribution >= 0.6 is 23.5 Å². The van der Waals surface area contributed by atoms with Crippen LogP contribution in [0.3, 0.4) is 0 Å². The highest BCUT2D eigenvalue weighted by atomic mass is 32.2. The third-order valence-corrected chi connectivity index (χ3v) is 5.93. The maximum Gasteiger partial charge on any atom is 0.131 e. The van der Waals surface area contributed by atoms with E-state index in [1.165, 1.54) is 5.56 Å². The minimum atomic E-state index is 0.271. The summed E-state index contributed by atoms with van der Waals surface area (Å²) in [5.41, 5.74) is 3.41. The minimum Gasteiger partial charge on any atom is -0.497 e. The molecule has 0 fully saturated rings. The van der Waals surface area contributed by atoms with Crippen LogP contribution in [0, 0.1) is 0 Å². The number of benzene rings is 2. The predicted molar refractivity (Wildman–Crippen MR) is 108 cm³/mol. The predicted octanol–water partition coefficient (Wildman–Crippen LogP) is 5.80. The van der Waals surface area contributed by atoms with Gasteiger partial charge in [-0.25, -0.2) is 4.99 Å². The molecule has 0 aliphatic carbocycles. The Kier molecular flexibility index (Phi) is 5.83. The molecule has 2 aromatic rings. The molecular weight excluding hydrogens is 334 g/mol. The Bertz CT molecular complexity index is 751. The normalized spacial score (nSPS) is 17.0. The molecule has 2 nitrogen and oxygen atoms in total. The molecule has 1 aliphatic heterocycles. The van der Waals surface area contributed by atoms with Crippen LogP contribution in [-0.4, -0.2) is 17.2 Å². The van der Waals surface area contributed by atoms with Crippen molar-refractivity contribution < 1.29 is 4.74 Å². The van der Waals surface area contributed by atoms with Crippen molar-refractivity contribution in [2.45, 2.75) is 5.25 Å². The molecule has 0 radical (unpaired) electrons. The molecule has 3 rings (SSSR count). The summed E-state index contributed by atoms with van der Waals surface area (Å²) in [7, 11) is 1.68. The zero-order valence-electron chi connectivity index (χ0n) is 13.5. The molecule has 0 amide bonds. The van der Waals surface area contributed by atoms with Crippen molar-refractivity contribution in [3.8, 4) is 5.75 Å². The van der Waals surface area contributed by atoms with Gasteiger partial charge in [0.25, 0.3) is 0 Å². The first-order chi connectivity index (χ1) is 11.8. The number of ether oxygens (including phenoxy) is 1. The summed E-state index contributed by atoms with van der Waals surface area (Å²) in [6, 6.07) is 18.6. The molecule has 1 aliphatic rings. The zero-order valence-corrected chi connectivity index (χ0v) is 15.1. The van der Waals surface area contributed by atoms with Crippen molar-refractivity contribution in [1.82, 2.24) is 0 Å². The van der Waals surface area contributed by atoms with Gasteiger partial charge in [-0.1, -0.05) is 59.9 Å². The lowest BCUT2D eigenvalue weighted by atomic mass is 10.1. The molecule has 2 aromatic carbocycles. The van der Waals surface area contributed by atoms with Gasteiger partial charge in [-0.15, -0.1) is 6.58 Å². The standard InChI is InChI=1S/C20H19NOS2/c1-3-13-23-20-21-18(15-9-11-17(22-2)12-10-15)14-19(24-20)16-7-5-4-6-8-16/h3-12,14,19H,1,13H2,2H3. The number of hydrogen-bond acceptors (Lipinski definition) is 4. The highest BCUT2D eigenvalue weighted by molar-refractivity contribution is 8.39. The number of thioether (sulfide) groups is 2. The molecule has 24 heavy (non-hydrogen) atoms. The first-order valence-electron chi connectivity index (χ1n) is 7.70. The molecule has 122 valence electrons. The van der Waals surface area contributed by atoms with E-state index in [1.54, 1.807) is 30.6 Å². The topological polar surface area (TPSA) is 21.6 Å². The van der Waals surface area contributed by atoms with Crippen molar-refractivity contribution in [3.63, 3.8) is 0 Å². The first kappa shape index (κ1) is 16.9. The molecule has 1 atom stereocenters. The quantitative estimate of drug-likeness (QED) is 0.634. The summed E-state index contributed by atoms with van der Waals surface area (Å²) < 4.78 is 6.33. The maximum atomic E-state index is 5.25. The van der Waals surface area contributed by atoms with Crippen LogP contribution in [0.1, 0.15) is 16.4 Å². The van der Waals surface area contributed by atoms with Gasteiger partial charge in [0, 0.05) is 11.3 Å². The Hall–Kier alpha value is -1.91. The maximum absolute atomic E-state index is 5.25. The van der Waals surface area contributed by atoms with Crippen LogP contribution in [0.4, 0.5) is 0 Å². The van der Waals surface area contributed by atoms with E-state index < -0.39 is 0 Å². The van der Waals surface area contributed by atoms with Gasteiger partial charge in [0.1, 0.15) is 10.1 Å². The molecule has 4 heteroatoms. The van der Waals surface area contributed by atoms with Gasteiger partial charge in [0.2, 0.25) is 0 Å². The van der Waals surface area contributed by atoms with Crippen molar-refractivity contribution in [3.05, 3.63) is 84.5 Å². The summed E-state index contributed by atoms with van der Waals surface area (Å²) in [6.07, 6.45) is 4.15. The van der Waals surface area contributed by atoms with Crippen molar-refractivity contribution >= 4 is 33.6 Å². The molecule has 1 unspecified atom stereocenters. The average Bonchev–Trinajstić information content (AvgIpc) is 2.67. The second-order valence-electron chi connectivity index (χ2n) is 5.21. The number of aliphatic imine (C=N–C) groups is 1. The summed E-state index contributed by atoms with van der Waals surface area (Å²) in [5.74, 6) is 1.72.